The van der Waals surface area contributed by atoms with Gasteiger partial charge >= 0.3 is 0 Å². The second-order valence-electron chi connectivity index (χ2n) is 14.4. The van der Waals surface area contributed by atoms with Crippen molar-refractivity contribution in [3.63, 3.8) is 0 Å². The van der Waals surface area contributed by atoms with Gasteiger partial charge in [0, 0.05) is 57.1 Å². The molecule has 0 saturated carbocycles. The average Bonchev–Trinajstić information content (AvgIpc) is 3.61. The van der Waals surface area contributed by atoms with Gasteiger partial charge in [0.2, 0.25) is 0 Å². The third-order valence-electron chi connectivity index (χ3n) is 11.3. The topological polar surface area (TPSA) is 9.86 Å². The van der Waals surface area contributed by atoms with E-state index >= 15 is 0 Å². The molecule has 7 aromatic carbocycles. The smallest absolute Gasteiger partial charge is 0.0497 e. The van der Waals surface area contributed by atoms with Crippen molar-refractivity contribution in [3.8, 4) is 55.6 Å². The highest BCUT2D eigenvalue weighted by atomic mass is 15.0. The Morgan fingerprint density at radius 2 is 0.873 bits per heavy atom. The molecule has 0 spiro atoms. The molecular formula is C53H40N2. The molecule has 2 nitrogen and oxygen atoms in total. The molecule has 0 atom stereocenters. The zero-order valence-corrected chi connectivity index (χ0v) is 31.1. The fourth-order valence-electron chi connectivity index (χ4n) is 8.67. The minimum absolute atomic E-state index is 0.904. The number of benzene rings is 7. The summed E-state index contributed by atoms with van der Waals surface area (Å²) in [6, 6.07) is 58.5. The molecule has 2 heterocycles. The van der Waals surface area contributed by atoms with Crippen LogP contribution in [0.15, 0.2) is 176 Å². The van der Waals surface area contributed by atoms with Crippen molar-refractivity contribution in [1.29, 1.82) is 0 Å². The van der Waals surface area contributed by atoms with Gasteiger partial charge in [0.15, 0.2) is 0 Å². The summed E-state index contributed by atoms with van der Waals surface area (Å²) >= 11 is 0. The molecule has 0 bridgehead atoms. The van der Waals surface area contributed by atoms with Gasteiger partial charge < -0.3 is 9.13 Å². The first-order valence-electron chi connectivity index (χ1n) is 19.4. The van der Waals surface area contributed by atoms with Crippen LogP contribution in [0.4, 0.5) is 0 Å². The fraction of sp³-hybridized carbons (Fsp3) is 0.0755. The number of para-hydroxylation sites is 1. The maximum absolute atomic E-state index is 3.37. The van der Waals surface area contributed by atoms with Gasteiger partial charge in [-0.05, 0) is 154 Å². The number of aryl methyl sites for hydroxylation is 2. The van der Waals surface area contributed by atoms with Crippen LogP contribution in [0.5, 0.6) is 0 Å². The Kier molecular flexibility index (Phi) is 8.06. The Bertz CT molecular complexity index is 2960. The Morgan fingerprint density at radius 1 is 0.400 bits per heavy atom. The minimum Gasteiger partial charge on any atom is -0.341 e. The number of nitrogens with zero attached hydrogens (tertiary/aromatic N) is 2. The summed E-state index contributed by atoms with van der Waals surface area (Å²) in [5.41, 5.74) is 21.6. The van der Waals surface area contributed by atoms with Gasteiger partial charge in [0.05, 0.1) is 0 Å². The molecule has 1 aliphatic carbocycles. The Morgan fingerprint density at radius 3 is 1.45 bits per heavy atom. The molecule has 0 unspecified atom stereocenters. The highest BCUT2D eigenvalue weighted by molar-refractivity contribution is 6.09. The molecule has 0 saturated heterocycles. The maximum atomic E-state index is 3.37. The van der Waals surface area contributed by atoms with Crippen molar-refractivity contribution in [2.45, 2.75) is 26.9 Å². The molecular weight excluding hydrogens is 665 g/mol. The van der Waals surface area contributed by atoms with E-state index in [9.17, 15) is 0 Å². The second-order valence-corrected chi connectivity index (χ2v) is 14.4. The summed E-state index contributed by atoms with van der Waals surface area (Å²) in [6.07, 6.45) is 8.43. The lowest BCUT2D eigenvalue weighted by Gasteiger charge is -2.15. The number of rotatable bonds is 7. The summed E-state index contributed by atoms with van der Waals surface area (Å²) in [5, 5.41) is 3.83. The van der Waals surface area contributed by atoms with Gasteiger partial charge in [-0.15, -0.1) is 5.73 Å². The Hall–Kier alpha value is -6.86. The molecule has 0 amide bonds. The number of hydrogen-bond donors (Lipinski definition) is 0. The van der Waals surface area contributed by atoms with Crippen molar-refractivity contribution in [1.82, 2.24) is 9.13 Å². The Labute approximate surface area is 322 Å². The third-order valence-corrected chi connectivity index (χ3v) is 11.3. The fourth-order valence-corrected chi connectivity index (χ4v) is 8.67. The molecule has 10 rings (SSSR count). The van der Waals surface area contributed by atoms with Gasteiger partial charge in [-0.3, -0.25) is 0 Å². The monoisotopic (exact) mass is 704 g/mol. The van der Waals surface area contributed by atoms with Crippen molar-refractivity contribution >= 4 is 44.9 Å². The summed E-state index contributed by atoms with van der Waals surface area (Å²) in [5.74, 6) is 0. The first-order chi connectivity index (χ1) is 27.2. The lowest BCUT2D eigenvalue weighted by Crippen LogP contribution is -1.96. The molecule has 1 aliphatic rings. The molecule has 9 aromatic rings. The highest BCUT2D eigenvalue weighted by Crippen LogP contribution is 2.40. The van der Waals surface area contributed by atoms with Crippen LogP contribution in [-0.4, -0.2) is 9.13 Å². The van der Waals surface area contributed by atoms with E-state index in [0.717, 1.165) is 13.1 Å². The van der Waals surface area contributed by atoms with Crippen molar-refractivity contribution in [2.24, 2.45) is 0 Å². The maximum Gasteiger partial charge on any atom is 0.0497 e. The molecule has 2 aromatic heterocycles. The van der Waals surface area contributed by atoms with Crippen LogP contribution < -0.4 is 0 Å². The number of allylic oxidation sites excluding steroid dienone is 2. The van der Waals surface area contributed by atoms with Gasteiger partial charge in [0.25, 0.3) is 0 Å². The van der Waals surface area contributed by atoms with Crippen LogP contribution in [0.2, 0.25) is 0 Å². The van der Waals surface area contributed by atoms with E-state index in [1.54, 1.807) is 0 Å². The van der Waals surface area contributed by atoms with Crippen LogP contribution >= 0.6 is 0 Å². The van der Waals surface area contributed by atoms with Gasteiger partial charge in [0.1, 0.15) is 0 Å². The minimum atomic E-state index is 0.904. The second kappa shape index (κ2) is 13.5. The van der Waals surface area contributed by atoms with Crippen LogP contribution in [0.3, 0.4) is 0 Å². The van der Waals surface area contributed by atoms with E-state index in [1.165, 1.54) is 99.6 Å². The third kappa shape index (κ3) is 5.67. The molecule has 2 heteroatoms. The van der Waals surface area contributed by atoms with Crippen molar-refractivity contribution in [2.75, 3.05) is 0 Å². The van der Waals surface area contributed by atoms with Crippen molar-refractivity contribution in [3.05, 3.63) is 187 Å². The number of aromatic nitrogens is 2. The van der Waals surface area contributed by atoms with E-state index in [-0.39, 0.29) is 0 Å². The van der Waals surface area contributed by atoms with E-state index in [4.69, 9.17) is 0 Å². The van der Waals surface area contributed by atoms with Crippen LogP contribution in [0.25, 0.3) is 100 Å². The van der Waals surface area contributed by atoms with E-state index in [2.05, 4.69) is 205 Å². The van der Waals surface area contributed by atoms with Gasteiger partial charge in [-0.1, -0.05) is 97.1 Å². The quantitative estimate of drug-likeness (QED) is 0.146. The van der Waals surface area contributed by atoms with E-state index in [0.29, 0.717) is 0 Å². The van der Waals surface area contributed by atoms with Crippen molar-refractivity contribution < 1.29 is 0 Å². The lowest BCUT2D eigenvalue weighted by molar-refractivity contribution is 0.789. The molecule has 0 N–H and O–H groups in total. The Balaban J connectivity index is 1.22. The molecule has 262 valence electrons. The first kappa shape index (κ1) is 32.8. The first-order valence-corrected chi connectivity index (χ1v) is 19.4. The van der Waals surface area contributed by atoms with Crippen LogP contribution in [0.1, 0.15) is 25.1 Å². The summed E-state index contributed by atoms with van der Waals surface area (Å²) < 4.78 is 4.84. The summed E-state index contributed by atoms with van der Waals surface area (Å²) in [4.78, 5) is 0. The lowest BCUT2D eigenvalue weighted by atomic mass is 9.89. The van der Waals surface area contributed by atoms with Gasteiger partial charge in [-0.25, -0.2) is 0 Å². The van der Waals surface area contributed by atoms with Gasteiger partial charge in [-0.2, -0.15) is 0 Å². The summed E-state index contributed by atoms with van der Waals surface area (Å²) in [6.45, 7) is 6.29. The normalized spacial score (nSPS) is 12.2. The zero-order valence-electron chi connectivity index (χ0n) is 31.1. The van der Waals surface area contributed by atoms with Crippen LogP contribution in [-0.2, 0) is 13.1 Å². The molecule has 0 radical (unpaired) electrons. The van der Waals surface area contributed by atoms with Crippen LogP contribution in [0, 0.1) is 0 Å². The highest BCUT2D eigenvalue weighted by Gasteiger charge is 2.17. The SMILES string of the molecule is CCn1c2c(c3cc(-c4cc(-c5cc(-c6ccccc6)cc(-c6ccccc6)c5)cc(-c5ccc6c(c5)c5ccccc5n6CC)c4)ccc31)C=C=CC=C2. The number of hydrogen-bond acceptors (Lipinski definition) is 0. The largest absolute Gasteiger partial charge is 0.341 e. The predicted molar refractivity (Wildman–Crippen MR) is 235 cm³/mol. The molecule has 0 fully saturated rings. The molecule has 0 aliphatic heterocycles. The van der Waals surface area contributed by atoms with E-state index < -0.39 is 0 Å². The predicted octanol–water partition coefficient (Wildman–Crippen LogP) is 14.3. The average molecular weight is 705 g/mol. The molecule has 55 heavy (non-hydrogen) atoms. The zero-order chi connectivity index (χ0) is 36.9. The number of fused-ring (bicyclic) bond motifs is 6. The standard InChI is InChI=1S/C53H40N2/c1-3-54-50-22-13-7-12-20-46(50)48-34-38(24-26-52(48)54)42-31-43(39-25-27-53-49(35-39)47-21-14-15-23-51(47)55(53)4-2)33-45(32-42)44-29-40(36-16-8-5-9-17-36)28-41(30-44)37-18-10-6-11-19-37/h5-11,13-35H,3-4H2,1-2H3. The van der Waals surface area contributed by atoms with E-state index in [1.807, 2.05) is 6.08 Å². The summed E-state index contributed by atoms with van der Waals surface area (Å²) in [7, 11) is 0.